The molecule has 0 amide bonds. The lowest BCUT2D eigenvalue weighted by Gasteiger charge is -2.18. The normalized spacial score (nSPS) is 11.8. The number of sulfonamides is 1. The number of aryl methyl sites for hydroxylation is 2. The topological polar surface area (TPSA) is 50.3 Å². The highest BCUT2D eigenvalue weighted by molar-refractivity contribution is 7.89. The van der Waals surface area contributed by atoms with Gasteiger partial charge in [-0.3, -0.25) is 4.98 Å². The second kappa shape index (κ2) is 6.37. The molecule has 0 saturated carbocycles. The van der Waals surface area contributed by atoms with Crippen LogP contribution in [0.25, 0.3) is 0 Å². The summed E-state index contributed by atoms with van der Waals surface area (Å²) in [5, 5.41) is 0. The van der Waals surface area contributed by atoms with Gasteiger partial charge in [0.05, 0.1) is 4.90 Å². The van der Waals surface area contributed by atoms with Crippen LogP contribution >= 0.6 is 0 Å². The van der Waals surface area contributed by atoms with Gasteiger partial charge in [-0.25, -0.2) is 12.7 Å². The maximum absolute atomic E-state index is 12.6. The molecule has 0 saturated heterocycles. The number of rotatable bonds is 5. The molecule has 5 heteroatoms. The van der Waals surface area contributed by atoms with Crippen LogP contribution < -0.4 is 0 Å². The Hall–Kier alpha value is -1.72. The molecule has 21 heavy (non-hydrogen) atoms. The van der Waals surface area contributed by atoms with Crippen molar-refractivity contribution in [1.29, 1.82) is 0 Å². The highest BCUT2D eigenvalue weighted by atomic mass is 32.2. The Kier molecular flexibility index (Phi) is 4.75. The molecule has 1 aromatic heterocycles. The Morgan fingerprint density at radius 1 is 1.10 bits per heavy atom. The molecule has 4 nitrogen and oxygen atoms in total. The first-order valence-corrected chi connectivity index (χ1v) is 8.28. The van der Waals surface area contributed by atoms with Crippen LogP contribution in [0.3, 0.4) is 0 Å². The Morgan fingerprint density at radius 3 is 2.38 bits per heavy atom. The molecule has 0 fully saturated rings. The first kappa shape index (κ1) is 15.7. The summed E-state index contributed by atoms with van der Waals surface area (Å²) in [4.78, 5) is 4.34. The van der Waals surface area contributed by atoms with E-state index in [4.69, 9.17) is 0 Å². The van der Waals surface area contributed by atoms with Crippen molar-refractivity contribution in [2.24, 2.45) is 0 Å². The standard InChI is InChI=1S/C16H20N2O2S/c1-13-4-5-16(14(2)12-13)21(19,20)18(3)11-8-15-6-9-17-10-7-15/h4-7,9-10,12H,8,11H2,1-3H3. The minimum absolute atomic E-state index is 0.380. The molecule has 1 aromatic carbocycles. The van der Waals surface area contributed by atoms with Crippen molar-refractivity contribution in [3.63, 3.8) is 0 Å². The van der Waals surface area contributed by atoms with Gasteiger partial charge in [-0.15, -0.1) is 0 Å². The second-order valence-electron chi connectivity index (χ2n) is 5.20. The van der Waals surface area contributed by atoms with Crippen LogP contribution in [-0.4, -0.2) is 31.3 Å². The molecule has 0 N–H and O–H groups in total. The van der Waals surface area contributed by atoms with Gasteiger partial charge < -0.3 is 0 Å². The van der Waals surface area contributed by atoms with E-state index in [0.29, 0.717) is 17.9 Å². The lowest BCUT2D eigenvalue weighted by molar-refractivity contribution is 0.472. The van der Waals surface area contributed by atoms with Crippen LogP contribution in [0.2, 0.25) is 0 Å². The molecule has 112 valence electrons. The number of hydrogen-bond acceptors (Lipinski definition) is 3. The van der Waals surface area contributed by atoms with Crippen molar-refractivity contribution in [1.82, 2.24) is 9.29 Å². The first-order valence-electron chi connectivity index (χ1n) is 6.84. The maximum Gasteiger partial charge on any atom is 0.243 e. The zero-order valence-corrected chi connectivity index (χ0v) is 13.4. The quantitative estimate of drug-likeness (QED) is 0.853. The minimum Gasteiger partial charge on any atom is -0.265 e. The number of pyridine rings is 1. The number of nitrogens with zero attached hydrogens (tertiary/aromatic N) is 2. The van der Waals surface area contributed by atoms with Crippen LogP contribution in [0.4, 0.5) is 0 Å². The van der Waals surface area contributed by atoms with Gasteiger partial charge in [-0.2, -0.15) is 0 Å². The van der Waals surface area contributed by atoms with Crippen molar-refractivity contribution >= 4 is 10.0 Å². The highest BCUT2D eigenvalue weighted by Gasteiger charge is 2.22. The summed E-state index contributed by atoms with van der Waals surface area (Å²) in [5.41, 5.74) is 2.92. The molecule has 0 aliphatic heterocycles. The monoisotopic (exact) mass is 304 g/mol. The van der Waals surface area contributed by atoms with E-state index in [1.54, 1.807) is 25.5 Å². The largest absolute Gasteiger partial charge is 0.265 e. The third kappa shape index (κ3) is 3.68. The Morgan fingerprint density at radius 2 is 1.76 bits per heavy atom. The van der Waals surface area contributed by atoms with Gasteiger partial charge in [-0.05, 0) is 49.6 Å². The SMILES string of the molecule is Cc1ccc(S(=O)(=O)N(C)CCc2ccncc2)c(C)c1. The lowest BCUT2D eigenvalue weighted by atomic mass is 10.2. The van der Waals surface area contributed by atoms with Crippen LogP contribution in [-0.2, 0) is 16.4 Å². The summed E-state index contributed by atoms with van der Waals surface area (Å²) in [7, 11) is -1.82. The minimum atomic E-state index is -3.44. The zero-order chi connectivity index (χ0) is 15.5. The smallest absolute Gasteiger partial charge is 0.243 e. The first-order chi connectivity index (χ1) is 9.91. The van der Waals surface area contributed by atoms with E-state index >= 15 is 0 Å². The van der Waals surface area contributed by atoms with Crippen LogP contribution in [0.5, 0.6) is 0 Å². The van der Waals surface area contributed by atoms with Crippen molar-refractivity contribution in [3.05, 3.63) is 59.4 Å². The molecule has 0 aliphatic carbocycles. The molecule has 1 heterocycles. The number of likely N-dealkylation sites (N-methyl/N-ethyl adjacent to an activating group) is 1. The molecule has 2 aromatic rings. The Labute approximate surface area is 126 Å². The summed E-state index contributed by atoms with van der Waals surface area (Å²) >= 11 is 0. The molecular formula is C16H20N2O2S. The van der Waals surface area contributed by atoms with Crippen molar-refractivity contribution in [3.8, 4) is 0 Å². The van der Waals surface area contributed by atoms with E-state index in [1.807, 2.05) is 38.1 Å². The van der Waals surface area contributed by atoms with E-state index in [2.05, 4.69) is 4.98 Å². The predicted molar refractivity (Wildman–Crippen MR) is 83.7 cm³/mol. The Balaban J connectivity index is 2.15. The summed E-state index contributed by atoms with van der Waals surface area (Å²) in [6.07, 6.45) is 4.10. The molecule has 0 aliphatic rings. The fourth-order valence-electron chi connectivity index (χ4n) is 2.21. The van der Waals surface area contributed by atoms with Gasteiger partial charge in [0.2, 0.25) is 10.0 Å². The molecule has 0 bridgehead atoms. The van der Waals surface area contributed by atoms with Gasteiger partial charge >= 0.3 is 0 Å². The number of hydrogen-bond donors (Lipinski definition) is 0. The average molecular weight is 304 g/mol. The third-order valence-corrected chi connectivity index (χ3v) is 5.50. The third-order valence-electron chi connectivity index (χ3n) is 3.48. The molecule has 2 rings (SSSR count). The maximum atomic E-state index is 12.6. The number of benzene rings is 1. The van der Waals surface area contributed by atoms with Gasteiger partial charge in [0, 0.05) is 26.0 Å². The van der Waals surface area contributed by atoms with E-state index in [0.717, 1.165) is 16.7 Å². The summed E-state index contributed by atoms with van der Waals surface area (Å²) in [5.74, 6) is 0. The van der Waals surface area contributed by atoms with Gasteiger partial charge in [0.1, 0.15) is 0 Å². The average Bonchev–Trinajstić information content (AvgIpc) is 2.45. The summed E-state index contributed by atoms with van der Waals surface area (Å²) in [6.45, 7) is 4.23. The van der Waals surface area contributed by atoms with Crippen molar-refractivity contribution in [2.75, 3.05) is 13.6 Å². The molecule has 0 unspecified atom stereocenters. The van der Waals surface area contributed by atoms with Crippen LogP contribution in [0.15, 0.2) is 47.6 Å². The predicted octanol–water partition coefficient (Wildman–Crippen LogP) is 2.56. The molecule has 0 radical (unpaired) electrons. The van der Waals surface area contributed by atoms with Crippen molar-refractivity contribution < 1.29 is 8.42 Å². The van der Waals surface area contributed by atoms with Crippen molar-refractivity contribution in [2.45, 2.75) is 25.2 Å². The summed E-state index contributed by atoms with van der Waals surface area (Å²) in [6, 6.07) is 9.21. The second-order valence-corrected chi connectivity index (χ2v) is 7.21. The molecule has 0 atom stereocenters. The van der Waals surface area contributed by atoms with Gasteiger partial charge in [0.15, 0.2) is 0 Å². The van der Waals surface area contributed by atoms with Crippen LogP contribution in [0.1, 0.15) is 16.7 Å². The van der Waals surface area contributed by atoms with Crippen LogP contribution in [0, 0.1) is 13.8 Å². The van der Waals surface area contributed by atoms with E-state index < -0.39 is 10.0 Å². The zero-order valence-electron chi connectivity index (χ0n) is 12.6. The van der Waals surface area contributed by atoms with Gasteiger partial charge in [0.25, 0.3) is 0 Å². The highest BCUT2D eigenvalue weighted by Crippen LogP contribution is 2.20. The van der Waals surface area contributed by atoms with E-state index in [-0.39, 0.29) is 0 Å². The fourth-order valence-corrected chi connectivity index (χ4v) is 3.59. The molecular weight excluding hydrogens is 284 g/mol. The molecule has 0 spiro atoms. The Bertz CT molecular complexity index is 712. The number of aromatic nitrogens is 1. The van der Waals surface area contributed by atoms with E-state index in [1.165, 1.54) is 4.31 Å². The van der Waals surface area contributed by atoms with Gasteiger partial charge in [-0.1, -0.05) is 17.7 Å². The lowest BCUT2D eigenvalue weighted by Crippen LogP contribution is -2.29. The summed E-state index contributed by atoms with van der Waals surface area (Å²) < 4.78 is 26.6. The fraction of sp³-hybridized carbons (Fsp3) is 0.312. The van der Waals surface area contributed by atoms with E-state index in [9.17, 15) is 8.42 Å².